The highest BCUT2D eigenvalue weighted by molar-refractivity contribution is 9.10. The predicted octanol–water partition coefficient (Wildman–Crippen LogP) is 3.18. The topological polar surface area (TPSA) is 34.1 Å². The summed E-state index contributed by atoms with van der Waals surface area (Å²) in [5.74, 6) is 0. The highest BCUT2D eigenvalue weighted by Crippen LogP contribution is 2.25. The Morgan fingerprint density at radius 1 is 1.40 bits per heavy atom. The summed E-state index contributed by atoms with van der Waals surface area (Å²) in [5.41, 5.74) is 0.00868. The molecule has 0 saturated heterocycles. The van der Waals surface area contributed by atoms with Crippen molar-refractivity contribution in [1.29, 1.82) is 0 Å². The molecule has 0 heterocycles. The van der Waals surface area contributed by atoms with E-state index in [4.69, 9.17) is 10.7 Å². The molecule has 0 unspecified atom stereocenters. The third-order valence-corrected chi connectivity index (χ3v) is 3.58. The fraction of sp³-hybridized carbons (Fsp3) is 0.250. The second kappa shape index (κ2) is 4.76. The zero-order chi connectivity index (χ0) is 11.6. The molecule has 0 amide bonds. The smallest absolute Gasteiger partial charge is 0.210 e. The summed E-state index contributed by atoms with van der Waals surface area (Å²) in [6.07, 6.45) is -3.25. The summed E-state index contributed by atoms with van der Waals surface area (Å²) >= 11 is 3.07. The number of halogens is 4. The minimum absolute atomic E-state index is 0.00868. The lowest BCUT2D eigenvalue weighted by Gasteiger charge is -2.06. The Kier molecular flexibility index (Phi) is 4.08. The van der Waals surface area contributed by atoms with Crippen molar-refractivity contribution in [2.45, 2.75) is 17.7 Å². The quantitative estimate of drug-likeness (QED) is 0.802. The van der Waals surface area contributed by atoms with Gasteiger partial charge >= 0.3 is 0 Å². The Hall–Kier alpha value is -0.200. The molecule has 84 valence electrons. The maximum atomic E-state index is 12.2. The first-order valence-corrected chi connectivity index (χ1v) is 6.92. The van der Waals surface area contributed by atoms with Crippen LogP contribution in [0.15, 0.2) is 27.6 Å². The van der Waals surface area contributed by atoms with Gasteiger partial charge in [0, 0.05) is 21.6 Å². The van der Waals surface area contributed by atoms with Gasteiger partial charge in [0.15, 0.2) is 0 Å². The standard InChI is InChI=1S/C8H6BrClF2O2S/c9-6-1-2-7(15(10,13)14)5(3-6)4-8(11)12/h1-3,8H,4H2. The summed E-state index contributed by atoms with van der Waals surface area (Å²) < 4.78 is 47.0. The Labute approximate surface area is 98.8 Å². The lowest BCUT2D eigenvalue weighted by Crippen LogP contribution is -2.03. The number of benzene rings is 1. The zero-order valence-electron chi connectivity index (χ0n) is 7.25. The third-order valence-electron chi connectivity index (χ3n) is 1.66. The van der Waals surface area contributed by atoms with Gasteiger partial charge in [0.25, 0.3) is 9.05 Å². The Balaban J connectivity index is 3.27. The summed E-state index contributed by atoms with van der Waals surface area (Å²) in [5, 5.41) is 0. The van der Waals surface area contributed by atoms with E-state index in [0.717, 1.165) is 0 Å². The first kappa shape index (κ1) is 12.9. The molecule has 7 heteroatoms. The van der Waals surface area contributed by atoms with Gasteiger partial charge in [0.1, 0.15) is 0 Å². The first-order chi connectivity index (χ1) is 6.80. The molecule has 15 heavy (non-hydrogen) atoms. The van der Waals surface area contributed by atoms with E-state index in [9.17, 15) is 17.2 Å². The molecule has 1 aromatic rings. The third kappa shape index (κ3) is 3.70. The SMILES string of the molecule is O=S(=O)(Cl)c1ccc(Br)cc1CC(F)F. The Morgan fingerprint density at radius 3 is 2.47 bits per heavy atom. The first-order valence-electron chi connectivity index (χ1n) is 3.82. The van der Waals surface area contributed by atoms with E-state index in [1.54, 1.807) is 0 Å². The van der Waals surface area contributed by atoms with Crippen LogP contribution < -0.4 is 0 Å². The Morgan fingerprint density at radius 2 is 2.00 bits per heavy atom. The van der Waals surface area contributed by atoms with Crippen LogP contribution in [-0.2, 0) is 15.5 Å². The molecule has 0 N–H and O–H groups in total. The summed E-state index contributed by atoms with van der Waals surface area (Å²) in [4.78, 5) is -0.271. The van der Waals surface area contributed by atoms with Crippen LogP contribution in [0.5, 0.6) is 0 Å². The molecule has 0 aliphatic heterocycles. The van der Waals surface area contributed by atoms with Crippen LogP contribution in [0.25, 0.3) is 0 Å². The lowest BCUT2D eigenvalue weighted by atomic mass is 10.1. The fourth-order valence-corrected chi connectivity index (χ4v) is 2.66. The van der Waals surface area contributed by atoms with E-state index in [0.29, 0.717) is 4.47 Å². The van der Waals surface area contributed by atoms with Gasteiger partial charge in [-0.15, -0.1) is 0 Å². The largest absolute Gasteiger partial charge is 0.261 e. The molecule has 0 saturated carbocycles. The van der Waals surface area contributed by atoms with E-state index in [-0.39, 0.29) is 10.5 Å². The highest BCUT2D eigenvalue weighted by Gasteiger charge is 2.18. The molecule has 0 aliphatic carbocycles. The molecule has 0 aromatic heterocycles. The maximum absolute atomic E-state index is 12.2. The summed E-state index contributed by atoms with van der Waals surface area (Å²) in [6.45, 7) is 0. The average Bonchev–Trinajstić information content (AvgIpc) is 1.99. The molecule has 2 nitrogen and oxygen atoms in total. The van der Waals surface area contributed by atoms with Crippen LogP contribution >= 0.6 is 26.6 Å². The lowest BCUT2D eigenvalue weighted by molar-refractivity contribution is 0.148. The molecular formula is C8H6BrClF2O2S. The minimum atomic E-state index is -3.98. The molecule has 0 aliphatic rings. The van der Waals surface area contributed by atoms with Crippen molar-refractivity contribution in [1.82, 2.24) is 0 Å². The predicted molar refractivity (Wildman–Crippen MR) is 56.9 cm³/mol. The van der Waals surface area contributed by atoms with Gasteiger partial charge in [-0.1, -0.05) is 15.9 Å². The average molecular weight is 320 g/mol. The summed E-state index contributed by atoms with van der Waals surface area (Å²) in [6, 6.07) is 3.95. The molecule has 1 rings (SSSR count). The van der Waals surface area contributed by atoms with Gasteiger partial charge in [-0.2, -0.15) is 0 Å². The van der Waals surface area contributed by atoms with Gasteiger partial charge in [-0.3, -0.25) is 0 Å². The summed E-state index contributed by atoms with van der Waals surface area (Å²) in [7, 11) is 1.13. The fourth-order valence-electron chi connectivity index (χ4n) is 1.11. The van der Waals surface area contributed by atoms with Crippen molar-refractivity contribution in [2.75, 3.05) is 0 Å². The number of alkyl halides is 2. The van der Waals surface area contributed by atoms with Gasteiger partial charge in [0.2, 0.25) is 6.43 Å². The molecular weight excluding hydrogens is 314 g/mol. The van der Waals surface area contributed by atoms with Crippen LogP contribution in [0.4, 0.5) is 8.78 Å². The monoisotopic (exact) mass is 318 g/mol. The van der Waals surface area contributed by atoms with Crippen LogP contribution in [0, 0.1) is 0 Å². The van der Waals surface area contributed by atoms with Crippen LogP contribution in [0.2, 0.25) is 0 Å². The van der Waals surface area contributed by atoms with Crippen molar-refractivity contribution >= 4 is 35.7 Å². The molecule has 0 atom stereocenters. The molecule has 0 fully saturated rings. The van der Waals surface area contributed by atoms with Crippen molar-refractivity contribution in [2.24, 2.45) is 0 Å². The minimum Gasteiger partial charge on any atom is -0.210 e. The van der Waals surface area contributed by atoms with E-state index < -0.39 is 21.9 Å². The second-order valence-electron chi connectivity index (χ2n) is 2.79. The molecule has 0 radical (unpaired) electrons. The van der Waals surface area contributed by atoms with Crippen LogP contribution in [-0.4, -0.2) is 14.8 Å². The van der Waals surface area contributed by atoms with Crippen LogP contribution in [0.3, 0.4) is 0 Å². The van der Waals surface area contributed by atoms with Crippen molar-refractivity contribution in [3.05, 3.63) is 28.2 Å². The van der Waals surface area contributed by atoms with E-state index in [1.807, 2.05) is 0 Å². The highest BCUT2D eigenvalue weighted by atomic mass is 79.9. The normalized spacial score (nSPS) is 12.1. The Bertz CT molecular complexity index is 462. The van der Waals surface area contributed by atoms with E-state index in [2.05, 4.69) is 15.9 Å². The number of rotatable bonds is 3. The van der Waals surface area contributed by atoms with Gasteiger partial charge in [0.05, 0.1) is 4.90 Å². The van der Waals surface area contributed by atoms with Gasteiger partial charge in [-0.25, -0.2) is 17.2 Å². The van der Waals surface area contributed by atoms with Crippen molar-refractivity contribution in [3.63, 3.8) is 0 Å². The zero-order valence-corrected chi connectivity index (χ0v) is 10.4. The van der Waals surface area contributed by atoms with Crippen molar-refractivity contribution < 1.29 is 17.2 Å². The van der Waals surface area contributed by atoms with Crippen LogP contribution in [0.1, 0.15) is 5.56 Å². The molecule has 1 aromatic carbocycles. The number of hydrogen-bond donors (Lipinski definition) is 0. The van der Waals surface area contributed by atoms with Gasteiger partial charge < -0.3 is 0 Å². The maximum Gasteiger partial charge on any atom is 0.261 e. The van der Waals surface area contributed by atoms with E-state index in [1.165, 1.54) is 18.2 Å². The molecule has 0 bridgehead atoms. The van der Waals surface area contributed by atoms with E-state index >= 15 is 0 Å². The molecule has 0 spiro atoms. The number of hydrogen-bond acceptors (Lipinski definition) is 2. The van der Waals surface area contributed by atoms with Crippen molar-refractivity contribution in [3.8, 4) is 0 Å². The van der Waals surface area contributed by atoms with Gasteiger partial charge in [-0.05, 0) is 23.8 Å². The second-order valence-corrected chi connectivity index (χ2v) is 6.24.